The Labute approximate surface area is 197 Å². The predicted molar refractivity (Wildman–Crippen MR) is 132 cm³/mol. The number of ether oxygens (including phenoxy) is 2. The minimum Gasteiger partial charge on any atom is -0.427 e. The van der Waals surface area contributed by atoms with Gasteiger partial charge < -0.3 is 30.9 Å². The molecule has 0 atom stereocenters. The fourth-order valence-electron chi connectivity index (χ4n) is 4.07. The second-order valence-electron chi connectivity index (χ2n) is 8.28. The van der Waals surface area contributed by atoms with Gasteiger partial charge >= 0.3 is 11.9 Å². The topological polar surface area (TPSA) is 136 Å². The van der Waals surface area contributed by atoms with Crippen LogP contribution < -0.4 is 20.9 Å². The van der Waals surface area contributed by atoms with Crippen LogP contribution in [0.5, 0.6) is 11.5 Å². The molecule has 8 nitrogen and oxygen atoms in total. The number of nitrogens with two attached hydrogens (primary N) is 2. The number of carbonyl (C=O) groups excluding carboxylic acids is 2. The minimum absolute atomic E-state index is 0.228. The summed E-state index contributed by atoms with van der Waals surface area (Å²) < 4.78 is 11.0. The molecule has 0 aliphatic heterocycles. The quantitative estimate of drug-likeness (QED) is 0.152. The molecular weight excluding hydrogens is 432 g/mol. The molecule has 2 aromatic carbocycles. The Hall–Kier alpha value is -3.62. The molecule has 0 aliphatic carbocycles. The third-order valence-corrected chi connectivity index (χ3v) is 5.78. The van der Waals surface area contributed by atoms with Gasteiger partial charge in [0.05, 0.1) is 0 Å². The van der Waals surface area contributed by atoms with Gasteiger partial charge in [0, 0.05) is 47.0 Å². The number of aromatic nitrogens is 2. The lowest BCUT2D eigenvalue weighted by Gasteiger charge is -2.06. The molecule has 0 spiro atoms. The lowest BCUT2D eigenvalue weighted by Crippen LogP contribution is -2.10. The molecule has 0 unspecified atom stereocenters. The molecule has 4 aromatic rings. The maximum atomic E-state index is 12.2. The first-order chi connectivity index (χ1) is 16.6. The van der Waals surface area contributed by atoms with E-state index in [1.165, 1.54) is 0 Å². The molecule has 34 heavy (non-hydrogen) atoms. The molecule has 0 fully saturated rings. The fraction of sp³-hybridized carbons (Fsp3) is 0.308. The molecule has 2 heterocycles. The third-order valence-electron chi connectivity index (χ3n) is 5.78. The zero-order valence-corrected chi connectivity index (χ0v) is 19.1. The number of hydrogen-bond acceptors (Lipinski definition) is 6. The van der Waals surface area contributed by atoms with Gasteiger partial charge in [-0.15, -0.1) is 0 Å². The monoisotopic (exact) mass is 462 g/mol. The Kier molecular flexibility index (Phi) is 7.61. The summed E-state index contributed by atoms with van der Waals surface area (Å²) in [5, 5.41) is 2.01. The van der Waals surface area contributed by atoms with E-state index in [0.29, 0.717) is 37.4 Å². The molecule has 0 saturated carbocycles. The molecule has 0 bridgehead atoms. The van der Waals surface area contributed by atoms with Crippen LogP contribution in [-0.4, -0.2) is 35.0 Å². The molecule has 4 rings (SSSR count). The molecule has 2 aromatic heterocycles. The Balaban J connectivity index is 1.22. The first-order valence-corrected chi connectivity index (χ1v) is 11.6. The second-order valence-corrected chi connectivity index (χ2v) is 8.28. The van der Waals surface area contributed by atoms with E-state index in [1.54, 1.807) is 12.1 Å². The summed E-state index contributed by atoms with van der Waals surface area (Å²) in [5.74, 6) is 0.357. The van der Waals surface area contributed by atoms with Crippen molar-refractivity contribution in [2.75, 3.05) is 13.1 Å². The Morgan fingerprint density at radius 1 is 0.706 bits per heavy atom. The van der Waals surface area contributed by atoms with Gasteiger partial charge in [0.25, 0.3) is 0 Å². The van der Waals surface area contributed by atoms with E-state index in [9.17, 15) is 9.59 Å². The molecule has 0 radical (unpaired) electrons. The van der Waals surface area contributed by atoms with Gasteiger partial charge in [0.1, 0.15) is 11.5 Å². The molecule has 0 saturated heterocycles. The van der Waals surface area contributed by atoms with Crippen LogP contribution in [0.4, 0.5) is 0 Å². The molecular formula is C26H30N4O4. The normalized spacial score (nSPS) is 11.2. The second kappa shape index (κ2) is 11.0. The average molecular weight is 463 g/mol. The van der Waals surface area contributed by atoms with Gasteiger partial charge in [-0.05, 0) is 86.3 Å². The zero-order valence-electron chi connectivity index (χ0n) is 19.1. The average Bonchev–Trinajstić information content (AvgIpc) is 3.41. The number of H-pyrrole nitrogens is 2. The van der Waals surface area contributed by atoms with Crippen molar-refractivity contribution < 1.29 is 19.1 Å². The van der Waals surface area contributed by atoms with Gasteiger partial charge in [-0.25, -0.2) is 0 Å². The number of carbonyl (C=O) groups is 2. The maximum Gasteiger partial charge on any atom is 0.311 e. The largest absolute Gasteiger partial charge is 0.427 e. The standard InChI is InChI=1S/C26H30N4O4/c27-11-9-17-15-29-23-7-5-19(13-21(17)23)33-25(31)3-1-2-4-26(32)34-20-6-8-24-22(14-20)18(10-12-28)16-30-24/h5-8,13-16,29-30H,1-4,9-12,27-28H2. The summed E-state index contributed by atoms with van der Waals surface area (Å²) in [5.41, 5.74) is 15.5. The van der Waals surface area contributed by atoms with Crippen molar-refractivity contribution in [3.05, 3.63) is 59.9 Å². The van der Waals surface area contributed by atoms with E-state index in [0.717, 1.165) is 45.8 Å². The van der Waals surface area contributed by atoms with Crippen molar-refractivity contribution in [1.29, 1.82) is 0 Å². The van der Waals surface area contributed by atoms with E-state index in [4.69, 9.17) is 20.9 Å². The molecule has 6 N–H and O–H groups in total. The van der Waals surface area contributed by atoms with Gasteiger partial charge in [0.2, 0.25) is 0 Å². The van der Waals surface area contributed by atoms with Crippen LogP contribution >= 0.6 is 0 Å². The number of fused-ring (bicyclic) bond motifs is 2. The number of unbranched alkanes of at least 4 members (excludes halogenated alkanes) is 1. The summed E-state index contributed by atoms with van der Waals surface area (Å²) >= 11 is 0. The Morgan fingerprint density at radius 2 is 1.15 bits per heavy atom. The van der Waals surface area contributed by atoms with Crippen molar-refractivity contribution in [2.24, 2.45) is 11.5 Å². The van der Waals surface area contributed by atoms with E-state index in [-0.39, 0.29) is 24.8 Å². The molecule has 8 heteroatoms. The van der Waals surface area contributed by atoms with Crippen molar-refractivity contribution in [3.8, 4) is 11.5 Å². The highest BCUT2D eigenvalue weighted by atomic mass is 16.5. The van der Waals surface area contributed by atoms with E-state index >= 15 is 0 Å². The molecule has 0 aliphatic rings. The summed E-state index contributed by atoms with van der Waals surface area (Å²) in [6, 6.07) is 11.0. The van der Waals surface area contributed by atoms with Crippen molar-refractivity contribution in [2.45, 2.75) is 38.5 Å². The van der Waals surface area contributed by atoms with Crippen LogP contribution in [-0.2, 0) is 22.4 Å². The minimum atomic E-state index is -0.325. The van der Waals surface area contributed by atoms with E-state index < -0.39 is 0 Å². The summed E-state index contributed by atoms with van der Waals surface area (Å²) in [7, 11) is 0. The molecule has 0 amide bonds. The predicted octanol–water partition coefficient (Wildman–Crippen LogP) is 3.72. The first kappa shape index (κ1) is 23.5. The Bertz CT molecular complexity index is 1190. The smallest absolute Gasteiger partial charge is 0.311 e. The number of nitrogens with one attached hydrogen (secondary N) is 2. The number of hydrogen-bond donors (Lipinski definition) is 4. The summed E-state index contributed by atoms with van der Waals surface area (Å²) in [6.45, 7) is 1.10. The van der Waals surface area contributed by atoms with Crippen LogP contribution in [0.2, 0.25) is 0 Å². The number of rotatable bonds is 11. The van der Waals surface area contributed by atoms with Crippen LogP contribution in [0.1, 0.15) is 36.8 Å². The highest BCUT2D eigenvalue weighted by Crippen LogP contribution is 2.26. The lowest BCUT2D eigenvalue weighted by atomic mass is 10.1. The van der Waals surface area contributed by atoms with Crippen LogP contribution in [0.3, 0.4) is 0 Å². The van der Waals surface area contributed by atoms with Gasteiger partial charge in [-0.1, -0.05) is 0 Å². The van der Waals surface area contributed by atoms with Crippen molar-refractivity contribution in [3.63, 3.8) is 0 Å². The van der Waals surface area contributed by atoms with Crippen molar-refractivity contribution in [1.82, 2.24) is 9.97 Å². The van der Waals surface area contributed by atoms with Crippen LogP contribution in [0.15, 0.2) is 48.8 Å². The highest BCUT2D eigenvalue weighted by molar-refractivity contribution is 5.86. The zero-order chi connectivity index (χ0) is 23.9. The highest BCUT2D eigenvalue weighted by Gasteiger charge is 2.11. The fourth-order valence-corrected chi connectivity index (χ4v) is 4.07. The Morgan fingerprint density at radius 3 is 1.56 bits per heavy atom. The molecule has 178 valence electrons. The third kappa shape index (κ3) is 5.65. The lowest BCUT2D eigenvalue weighted by molar-refractivity contribution is -0.136. The van der Waals surface area contributed by atoms with Gasteiger partial charge in [-0.3, -0.25) is 9.59 Å². The summed E-state index contributed by atoms with van der Waals surface area (Å²) in [4.78, 5) is 30.9. The maximum absolute atomic E-state index is 12.2. The summed E-state index contributed by atoms with van der Waals surface area (Å²) in [6.07, 6.45) is 6.89. The van der Waals surface area contributed by atoms with Crippen LogP contribution in [0.25, 0.3) is 21.8 Å². The van der Waals surface area contributed by atoms with Crippen LogP contribution in [0, 0.1) is 0 Å². The number of esters is 2. The van der Waals surface area contributed by atoms with E-state index in [2.05, 4.69) is 9.97 Å². The SMILES string of the molecule is NCCc1c[nH]c2ccc(OC(=O)CCCCC(=O)Oc3ccc4[nH]cc(CCN)c4c3)cc12. The van der Waals surface area contributed by atoms with Crippen molar-refractivity contribution >= 4 is 33.7 Å². The first-order valence-electron chi connectivity index (χ1n) is 11.6. The van der Waals surface area contributed by atoms with Gasteiger partial charge in [0.15, 0.2) is 0 Å². The number of benzene rings is 2. The van der Waals surface area contributed by atoms with Gasteiger partial charge in [-0.2, -0.15) is 0 Å². The van der Waals surface area contributed by atoms with E-state index in [1.807, 2.05) is 36.7 Å². The number of aromatic amines is 2.